The van der Waals surface area contributed by atoms with Crippen molar-refractivity contribution >= 4 is 0 Å². The molecule has 0 aromatic rings. The van der Waals surface area contributed by atoms with Crippen LogP contribution in [0, 0.1) is 11.8 Å². The van der Waals surface area contributed by atoms with Crippen LogP contribution in [0.1, 0.15) is 46.5 Å². The van der Waals surface area contributed by atoms with Gasteiger partial charge in [0.15, 0.2) is 0 Å². The minimum absolute atomic E-state index is 0.542. The summed E-state index contributed by atoms with van der Waals surface area (Å²) in [7, 11) is 2.31. The van der Waals surface area contributed by atoms with Gasteiger partial charge in [0.1, 0.15) is 0 Å². The van der Waals surface area contributed by atoms with E-state index in [1.807, 2.05) is 0 Å². The van der Waals surface area contributed by atoms with Crippen LogP contribution >= 0.6 is 0 Å². The summed E-state index contributed by atoms with van der Waals surface area (Å²) in [4.78, 5) is 5.24. The molecule has 0 spiro atoms. The molecule has 0 amide bonds. The molecule has 3 nitrogen and oxygen atoms in total. The molecular formula is C17H34N2O. The molecule has 2 aliphatic rings. The first-order valence-corrected chi connectivity index (χ1v) is 8.62. The normalized spacial score (nSPS) is 29.1. The van der Waals surface area contributed by atoms with Gasteiger partial charge in [0.05, 0.1) is 6.10 Å². The minimum Gasteiger partial charge on any atom is -0.378 e. The molecule has 0 aromatic heterocycles. The highest BCUT2D eigenvalue weighted by molar-refractivity contribution is 4.88. The van der Waals surface area contributed by atoms with E-state index in [-0.39, 0.29) is 0 Å². The van der Waals surface area contributed by atoms with Crippen LogP contribution in [0.4, 0.5) is 0 Å². The average Bonchev–Trinajstić information content (AvgIpc) is 2.35. The van der Waals surface area contributed by atoms with Crippen molar-refractivity contribution in [3.8, 4) is 0 Å². The lowest BCUT2D eigenvalue weighted by molar-refractivity contribution is -0.0446. The van der Waals surface area contributed by atoms with Gasteiger partial charge in [0.2, 0.25) is 0 Å². The second-order valence-electron chi connectivity index (χ2n) is 7.28. The molecule has 0 bridgehead atoms. The van der Waals surface area contributed by atoms with Crippen molar-refractivity contribution in [2.24, 2.45) is 11.8 Å². The molecule has 118 valence electrons. The van der Waals surface area contributed by atoms with Gasteiger partial charge in [-0.3, -0.25) is 0 Å². The smallest absolute Gasteiger partial charge is 0.0604 e. The van der Waals surface area contributed by atoms with Crippen molar-refractivity contribution in [1.82, 2.24) is 9.80 Å². The lowest BCUT2D eigenvalue weighted by Crippen LogP contribution is -2.49. The Morgan fingerprint density at radius 1 is 1.20 bits per heavy atom. The maximum Gasteiger partial charge on any atom is 0.0604 e. The lowest BCUT2D eigenvalue weighted by Gasteiger charge is -2.43. The fourth-order valence-corrected chi connectivity index (χ4v) is 3.69. The van der Waals surface area contributed by atoms with Crippen molar-refractivity contribution < 1.29 is 4.74 Å². The summed E-state index contributed by atoms with van der Waals surface area (Å²) in [6, 6.07) is 0.778. The highest BCUT2D eigenvalue weighted by atomic mass is 16.5. The van der Waals surface area contributed by atoms with E-state index in [0.29, 0.717) is 6.10 Å². The first kappa shape index (κ1) is 16.3. The van der Waals surface area contributed by atoms with Crippen LogP contribution in [0.2, 0.25) is 0 Å². The maximum atomic E-state index is 5.67. The molecule has 0 unspecified atom stereocenters. The van der Waals surface area contributed by atoms with Gasteiger partial charge in [-0.15, -0.1) is 0 Å². The standard InChI is InChI=1S/C17H34N2O/c1-5-20-17-10-16(11-17)18(4)13-15-6-8-19(9-7-15)12-14(2)3/h14-17H,5-13H2,1-4H3. The summed E-state index contributed by atoms with van der Waals surface area (Å²) in [5.41, 5.74) is 0. The minimum atomic E-state index is 0.542. The lowest BCUT2D eigenvalue weighted by atomic mass is 9.86. The summed E-state index contributed by atoms with van der Waals surface area (Å²) in [6.45, 7) is 12.8. The van der Waals surface area contributed by atoms with Crippen LogP contribution in [0.15, 0.2) is 0 Å². The van der Waals surface area contributed by atoms with Crippen LogP contribution < -0.4 is 0 Å². The SMILES string of the molecule is CCOC1CC(N(C)CC2CCN(CC(C)C)CC2)C1. The van der Waals surface area contributed by atoms with Crippen molar-refractivity contribution in [3.63, 3.8) is 0 Å². The first-order chi connectivity index (χ1) is 9.58. The second kappa shape index (κ2) is 7.77. The van der Waals surface area contributed by atoms with Crippen molar-refractivity contribution in [2.45, 2.75) is 58.6 Å². The number of ether oxygens (including phenoxy) is 1. The van der Waals surface area contributed by atoms with E-state index >= 15 is 0 Å². The molecule has 20 heavy (non-hydrogen) atoms. The summed E-state index contributed by atoms with van der Waals surface area (Å²) in [5, 5.41) is 0. The number of hydrogen-bond donors (Lipinski definition) is 0. The number of hydrogen-bond acceptors (Lipinski definition) is 3. The highest BCUT2D eigenvalue weighted by Gasteiger charge is 2.33. The predicted molar refractivity (Wildman–Crippen MR) is 85.1 cm³/mol. The molecule has 1 saturated carbocycles. The molecule has 1 heterocycles. The van der Waals surface area contributed by atoms with Gasteiger partial charge in [-0.25, -0.2) is 0 Å². The Kier molecular flexibility index (Phi) is 6.31. The Labute approximate surface area is 125 Å². The van der Waals surface area contributed by atoms with Crippen LogP contribution in [-0.2, 0) is 4.74 Å². The molecule has 1 saturated heterocycles. The van der Waals surface area contributed by atoms with E-state index in [1.54, 1.807) is 0 Å². The zero-order valence-electron chi connectivity index (χ0n) is 14.0. The number of nitrogens with zero attached hydrogens (tertiary/aromatic N) is 2. The molecule has 0 radical (unpaired) electrons. The molecule has 2 rings (SSSR count). The monoisotopic (exact) mass is 282 g/mol. The number of piperidine rings is 1. The molecule has 1 aliphatic heterocycles. The Hall–Kier alpha value is -0.120. The molecule has 2 fully saturated rings. The third-order valence-electron chi connectivity index (χ3n) is 4.97. The number of likely N-dealkylation sites (tertiary alicyclic amines) is 1. The van der Waals surface area contributed by atoms with E-state index in [0.717, 1.165) is 24.5 Å². The largest absolute Gasteiger partial charge is 0.378 e. The quantitative estimate of drug-likeness (QED) is 0.714. The molecule has 0 N–H and O–H groups in total. The van der Waals surface area contributed by atoms with Gasteiger partial charge < -0.3 is 14.5 Å². The average molecular weight is 282 g/mol. The topological polar surface area (TPSA) is 15.7 Å². The fraction of sp³-hybridized carbons (Fsp3) is 1.00. The predicted octanol–water partition coefficient (Wildman–Crippen LogP) is 2.85. The first-order valence-electron chi connectivity index (χ1n) is 8.62. The summed E-state index contributed by atoms with van der Waals surface area (Å²) < 4.78 is 5.67. The van der Waals surface area contributed by atoms with Gasteiger partial charge in [0.25, 0.3) is 0 Å². The fourth-order valence-electron chi connectivity index (χ4n) is 3.69. The van der Waals surface area contributed by atoms with E-state index in [1.165, 1.54) is 51.9 Å². The van der Waals surface area contributed by atoms with Crippen LogP contribution in [0.25, 0.3) is 0 Å². The molecular weight excluding hydrogens is 248 g/mol. The van der Waals surface area contributed by atoms with E-state index in [9.17, 15) is 0 Å². The molecule has 0 atom stereocenters. The van der Waals surface area contributed by atoms with Crippen LogP contribution in [0.5, 0.6) is 0 Å². The van der Waals surface area contributed by atoms with Gasteiger partial charge in [-0.05, 0) is 64.6 Å². The highest BCUT2D eigenvalue weighted by Crippen LogP contribution is 2.29. The molecule has 0 aromatic carbocycles. The Balaban J connectivity index is 1.61. The number of rotatable bonds is 7. The second-order valence-corrected chi connectivity index (χ2v) is 7.28. The zero-order chi connectivity index (χ0) is 14.5. The van der Waals surface area contributed by atoms with E-state index in [2.05, 4.69) is 37.6 Å². The van der Waals surface area contributed by atoms with Gasteiger partial charge in [-0.2, -0.15) is 0 Å². The molecule has 1 aliphatic carbocycles. The van der Waals surface area contributed by atoms with Crippen molar-refractivity contribution in [2.75, 3.05) is 39.8 Å². The van der Waals surface area contributed by atoms with Crippen LogP contribution in [0.3, 0.4) is 0 Å². The van der Waals surface area contributed by atoms with E-state index < -0.39 is 0 Å². The van der Waals surface area contributed by atoms with Gasteiger partial charge in [0, 0.05) is 25.7 Å². The van der Waals surface area contributed by atoms with Gasteiger partial charge >= 0.3 is 0 Å². The third kappa shape index (κ3) is 4.71. The zero-order valence-corrected chi connectivity index (χ0v) is 14.0. The Morgan fingerprint density at radius 2 is 1.85 bits per heavy atom. The van der Waals surface area contributed by atoms with Gasteiger partial charge in [-0.1, -0.05) is 13.8 Å². The Morgan fingerprint density at radius 3 is 2.40 bits per heavy atom. The molecule has 3 heteroatoms. The van der Waals surface area contributed by atoms with Crippen LogP contribution in [-0.4, -0.2) is 61.8 Å². The van der Waals surface area contributed by atoms with Crippen molar-refractivity contribution in [3.05, 3.63) is 0 Å². The third-order valence-corrected chi connectivity index (χ3v) is 4.97. The summed E-state index contributed by atoms with van der Waals surface area (Å²) >= 11 is 0. The van der Waals surface area contributed by atoms with E-state index in [4.69, 9.17) is 4.74 Å². The maximum absolute atomic E-state index is 5.67. The Bertz CT molecular complexity index is 268. The van der Waals surface area contributed by atoms with Crippen molar-refractivity contribution in [1.29, 1.82) is 0 Å². The summed E-state index contributed by atoms with van der Waals surface area (Å²) in [6.07, 6.45) is 5.81. The summed E-state index contributed by atoms with van der Waals surface area (Å²) in [5.74, 6) is 1.72.